The SMILES string of the molecule is COc1ccccc1N1CCN(C(=O)c2cc(N3CCOCC3)ncn2)CC1. The molecule has 2 aliphatic rings. The van der Waals surface area contributed by atoms with Crippen LogP contribution in [0.3, 0.4) is 0 Å². The van der Waals surface area contributed by atoms with E-state index in [0.717, 1.165) is 43.4 Å². The molecule has 4 rings (SSSR count). The van der Waals surface area contributed by atoms with Crippen LogP contribution in [-0.2, 0) is 4.74 Å². The Labute approximate surface area is 164 Å². The van der Waals surface area contributed by atoms with Crippen molar-refractivity contribution in [2.75, 3.05) is 69.4 Å². The maximum atomic E-state index is 13.0. The average Bonchev–Trinajstić information content (AvgIpc) is 2.79. The Kier molecular flexibility index (Phi) is 5.57. The van der Waals surface area contributed by atoms with Gasteiger partial charge in [-0.1, -0.05) is 12.1 Å². The minimum atomic E-state index is -0.0448. The third-order valence-corrected chi connectivity index (χ3v) is 5.20. The van der Waals surface area contributed by atoms with E-state index >= 15 is 0 Å². The lowest BCUT2D eigenvalue weighted by Crippen LogP contribution is -2.49. The molecule has 0 aliphatic carbocycles. The largest absolute Gasteiger partial charge is 0.495 e. The van der Waals surface area contributed by atoms with Crippen LogP contribution in [-0.4, -0.2) is 80.4 Å². The predicted molar refractivity (Wildman–Crippen MR) is 106 cm³/mol. The van der Waals surface area contributed by atoms with Gasteiger partial charge >= 0.3 is 0 Å². The number of hydrogen-bond acceptors (Lipinski definition) is 7. The van der Waals surface area contributed by atoms with Crippen molar-refractivity contribution in [2.45, 2.75) is 0 Å². The number of morpholine rings is 1. The molecule has 0 bridgehead atoms. The van der Waals surface area contributed by atoms with Crippen molar-refractivity contribution in [3.63, 3.8) is 0 Å². The van der Waals surface area contributed by atoms with Crippen LogP contribution < -0.4 is 14.5 Å². The Hall–Kier alpha value is -2.87. The van der Waals surface area contributed by atoms with Gasteiger partial charge in [0.2, 0.25) is 0 Å². The number of rotatable bonds is 4. The van der Waals surface area contributed by atoms with Crippen molar-refractivity contribution < 1.29 is 14.3 Å². The second kappa shape index (κ2) is 8.43. The maximum absolute atomic E-state index is 13.0. The maximum Gasteiger partial charge on any atom is 0.272 e. The summed E-state index contributed by atoms with van der Waals surface area (Å²) in [5.74, 6) is 1.60. The van der Waals surface area contributed by atoms with Crippen LogP contribution in [0.2, 0.25) is 0 Å². The third-order valence-electron chi connectivity index (χ3n) is 5.20. The Morgan fingerprint density at radius 1 is 1.00 bits per heavy atom. The van der Waals surface area contributed by atoms with Crippen molar-refractivity contribution in [3.8, 4) is 5.75 Å². The van der Waals surface area contributed by atoms with Crippen LogP contribution >= 0.6 is 0 Å². The minimum Gasteiger partial charge on any atom is -0.495 e. The molecule has 3 heterocycles. The number of aromatic nitrogens is 2. The number of amides is 1. The summed E-state index contributed by atoms with van der Waals surface area (Å²) in [5.41, 5.74) is 1.51. The van der Waals surface area contributed by atoms with Gasteiger partial charge in [0.05, 0.1) is 26.0 Å². The number of ether oxygens (including phenoxy) is 2. The molecule has 2 fully saturated rings. The molecule has 2 aromatic rings. The monoisotopic (exact) mass is 383 g/mol. The van der Waals surface area contributed by atoms with Crippen LogP contribution in [0.4, 0.5) is 11.5 Å². The predicted octanol–water partition coefficient (Wildman–Crippen LogP) is 1.28. The first-order chi connectivity index (χ1) is 13.8. The normalized spacial score (nSPS) is 17.5. The number of anilines is 2. The van der Waals surface area contributed by atoms with Crippen molar-refractivity contribution in [2.24, 2.45) is 0 Å². The van der Waals surface area contributed by atoms with Crippen molar-refractivity contribution in [3.05, 3.63) is 42.4 Å². The number of para-hydroxylation sites is 2. The fraction of sp³-hybridized carbons (Fsp3) is 0.450. The molecule has 8 heteroatoms. The van der Waals surface area contributed by atoms with Crippen LogP contribution in [0.15, 0.2) is 36.7 Å². The van der Waals surface area contributed by atoms with Gasteiger partial charge in [-0.25, -0.2) is 9.97 Å². The molecule has 8 nitrogen and oxygen atoms in total. The van der Waals surface area contributed by atoms with Gasteiger partial charge in [-0.05, 0) is 12.1 Å². The molecule has 28 heavy (non-hydrogen) atoms. The Morgan fingerprint density at radius 3 is 2.50 bits per heavy atom. The summed E-state index contributed by atoms with van der Waals surface area (Å²) in [6.45, 7) is 5.73. The summed E-state index contributed by atoms with van der Waals surface area (Å²) in [6.07, 6.45) is 1.48. The van der Waals surface area contributed by atoms with E-state index in [4.69, 9.17) is 9.47 Å². The van der Waals surface area contributed by atoms with Crippen molar-refractivity contribution in [1.29, 1.82) is 0 Å². The highest BCUT2D eigenvalue weighted by atomic mass is 16.5. The van der Waals surface area contributed by atoms with Gasteiger partial charge in [-0.2, -0.15) is 0 Å². The average molecular weight is 383 g/mol. The second-order valence-corrected chi connectivity index (χ2v) is 6.81. The summed E-state index contributed by atoms with van der Waals surface area (Å²) in [6, 6.07) is 9.77. The zero-order chi connectivity index (χ0) is 19.3. The summed E-state index contributed by atoms with van der Waals surface area (Å²) in [5, 5.41) is 0. The van der Waals surface area contributed by atoms with E-state index < -0.39 is 0 Å². The second-order valence-electron chi connectivity index (χ2n) is 6.81. The highest BCUT2D eigenvalue weighted by Gasteiger charge is 2.25. The standard InChI is InChI=1S/C20H25N5O3/c1-27-18-5-3-2-4-17(18)23-6-8-25(9-7-23)20(26)16-14-19(22-15-21-16)24-10-12-28-13-11-24/h2-5,14-15H,6-13H2,1H3. The van der Waals surface area contributed by atoms with Gasteiger partial charge in [0.1, 0.15) is 23.6 Å². The summed E-state index contributed by atoms with van der Waals surface area (Å²) in [7, 11) is 1.68. The molecular formula is C20H25N5O3. The molecule has 2 aliphatic heterocycles. The van der Waals surface area contributed by atoms with Gasteiger partial charge in [-0.15, -0.1) is 0 Å². The summed E-state index contributed by atoms with van der Waals surface area (Å²) in [4.78, 5) is 27.7. The first kappa shape index (κ1) is 18.5. The molecule has 0 N–H and O–H groups in total. The van der Waals surface area contributed by atoms with E-state index in [1.54, 1.807) is 13.2 Å². The Balaban J connectivity index is 1.41. The van der Waals surface area contributed by atoms with Gasteiger partial charge in [0.15, 0.2) is 0 Å². The minimum absolute atomic E-state index is 0.0448. The van der Waals surface area contributed by atoms with E-state index in [2.05, 4.69) is 25.8 Å². The number of piperazine rings is 1. The number of carbonyl (C=O) groups is 1. The van der Waals surface area contributed by atoms with Crippen LogP contribution in [0.1, 0.15) is 10.5 Å². The molecule has 1 aromatic carbocycles. The van der Waals surface area contributed by atoms with E-state index in [9.17, 15) is 4.79 Å². The van der Waals surface area contributed by atoms with Crippen molar-refractivity contribution >= 4 is 17.4 Å². The number of hydrogen-bond donors (Lipinski definition) is 0. The molecule has 0 spiro atoms. The molecular weight excluding hydrogens is 358 g/mol. The van der Waals surface area contributed by atoms with Gasteiger partial charge in [0, 0.05) is 45.3 Å². The summed E-state index contributed by atoms with van der Waals surface area (Å²) >= 11 is 0. The lowest BCUT2D eigenvalue weighted by atomic mass is 10.2. The first-order valence-corrected chi connectivity index (χ1v) is 9.58. The zero-order valence-electron chi connectivity index (χ0n) is 16.1. The molecule has 148 valence electrons. The summed E-state index contributed by atoms with van der Waals surface area (Å²) < 4.78 is 10.8. The van der Waals surface area contributed by atoms with Gasteiger partial charge in [0.25, 0.3) is 5.91 Å². The van der Waals surface area contributed by atoms with E-state index in [0.29, 0.717) is 32.0 Å². The fourth-order valence-electron chi connectivity index (χ4n) is 3.63. The first-order valence-electron chi connectivity index (χ1n) is 9.58. The lowest BCUT2D eigenvalue weighted by Gasteiger charge is -2.36. The molecule has 0 unspecified atom stereocenters. The fourth-order valence-corrected chi connectivity index (χ4v) is 3.63. The van der Waals surface area contributed by atoms with Gasteiger partial charge in [-0.3, -0.25) is 4.79 Å². The Bertz CT molecular complexity index is 817. The molecule has 2 saturated heterocycles. The molecule has 0 radical (unpaired) electrons. The topological polar surface area (TPSA) is 71.0 Å². The van der Waals surface area contributed by atoms with E-state index in [1.807, 2.05) is 23.1 Å². The van der Waals surface area contributed by atoms with Gasteiger partial charge < -0.3 is 24.2 Å². The molecule has 0 saturated carbocycles. The zero-order valence-corrected chi connectivity index (χ0v) is 16.1. The number of benzene rings is 1. The lowest BCUT2D eigenvalue weighted by molar-refractivity contribution is 0.0740. The highest BCUT2D eigenvalue weighted by molar-refractivity contribution is 5.93. The number of methoxy groups -OCH3 is 1. The molecule has 0 atom stereocenters. The number of carbonyl (C=O) groups excluding carboxylic acids is 1. The van der Waals surface area contributed by atoms with Crippen LogP contribution in [0.25, 0.3) is 0 Å². The number of nitrogens with zero attached hydrogens (tertiary/aromatic N) is 5. The Morgan fingerprint density at radius 2 is 1.75 bits per heavy atom. The quantitative estimate of drug-likeness (QED) is 0.788. The van der Waals surface area contributed by atoms with E-state index in [-0.39, 0.29) is 5.91 Å². The van der Waals surface area contributed by atoms with Crippen LogP contribution in [0, 0.1) is 0 Å². The van der Waals surface area contributed by atoms with Crippen LogP contribution in [0.5, 0.6) is 5.75 Å². The van der Waals surface area contributed by atoms with E-state index in [1.165, 1.54) is 6.33 Å². The highest BCUT2D eigenvalue weighted by Crippen LogP contribution is 2.28. The molecule has 1 aromatic heterocycles. The van der Waals surface area contributed by atoms with Crippen molar-refractivity contribution in [1.82, 2.24) is 14.9 Å². The molecule has 1 amide bonds. The third kappa shape index (κ3) is 3.87. The smallest absolute Gasteiger partial charge is 0.272 e.